The Morgan fingerprint density at radius 2 is 1.75 bits per heavy atom. The van der Waals surface area contributed by atoms with Crippen molar-refractivity contribution in [3.05, 3.63) is 17.7 Å². The van der Waals surface area contributed by atoms with Crippen LogP contribution >= 0.6 is 0 Å². The molecule has 0 amide bonds. The first-order valence-electron chi connectivity index (χ1n) is 6.91. The van der Waals surface area contributed by atoms with Gasteiger partial charge in [0.15, 0.2) is 0 Å². The van der Waals surface area contributed by atoms with Crippen LogP contribution in [0.3, 0.4) is 0 Å². The number of ether oxygens (including phenoxy) is 1. The van der Waals surface area contributed by atoms with Crippen LogP contribution in [-0.2, 0) is 10.0 Å². The summed E-state index contributed by atoms with van der Waals surface area (Å²) in [5.74, 6) is 0.362. The van der Waals surface area contributed by atoms with E-state index in [9.17, 15) is 8.42 Å². The van der Waals surface area contributed by atoms with Crippen molar-refractivity contribution in [2.75, 3.05) is 25.9 Å². The number of aryl methyl sites for hydroxylation is 1. The van der Waals surface area contributed by atoms with E-state index in [1.807, 2.05) is 6.92 Å². The third-order valence-electron chi connectivity index (χ3n) is 3.74. The van der Waals surface area contributed by atoms with Gasteiger partial charge in [-0.25, -0.2) is 8.42 Å². The molecule has 0 unspecified atom stereocenters. The Morgan fingerprint density at radius 1 is 1.15 bits per heavy atom. The molecule has 1 aliphatic rings. The normalized spacial score (nSPS) is 17.7. The molecule has 0 spiro atoms. The number of hydrogen-bond donors (Lipinski definition) is 1. The number of nitrogens with zero attached hydrogens (tertiary/aromatic N) is 1. The van der Waals surface area contributed by atoms with Crippen LogP contribution in [0.5, 0.6) is 5.75 Å². The van der Waals surface area contributed by atoms with E-state index < -0.39 is 10.0 Å². The topological polar surface area (TPSA) is 72.6 Å². The minimum absolute atomic E-state index is 0.171. The molecular weight excluding hydrogens is 276 g/mol. The van der Waals surface area contributed by atoms with Gasteiger partial charge in [-0.2, -0.15) is 4.31 Å². The number of hydrogen-bond acceptors (Lipinski definition) is 4. The van der Waals surface area contributed by atoms with E-state index in [2.05, 4.69) is 0 Å². The molecule has 1 fully saturated rings. The zero-order valence-corrected chi connectivity index (χ0v) is 12.9. The first kappa shape index (κ1) is 15.1. The third-order valence-corrected chi connectivity index (χ3v) is 5.65. The van der Waals surface area contributed by atoms with Crippen molar-refractivity contribution in [2.45, 2.75) is 37.5 Å². The fourth-order valence-electron chi connectivity index (χ4n) is 2.46. The van der Waals surface area contributed by atoms with Crippen LogP contribution in [0, 0.1) is 6.92 Å². The Kier molecular flexibility index (Phi) is 4.55. The lowest BCUT2D eigenvalue weighted by molar-refractivity contribution is 0.391. The number of anilines is 1. The van der Waals surface area contributed by atoms with Gasteiger partial charge in [0.1, 0.15) is 10.6 Å². The predicted octanol–water partition coefficient (Wildman–Crippen LogP) is 2.15. The standard InChI is InChI=1S/C14H22N2O3S/c1-11-9-13(19-2)14(10-12(11)15)20(17,18)16-7-5-3-4-6-8-16/h9-10H,3-8,15H2,1-2H3. The Morgan fingerprint density at radius 3 is 2.30 bits per heavy atom. The van der Waals surface area contributed by atoms with Crippen molar-refractivity contribution in [1.29, 1.82) is 0 Å². The minimum Gasteiger partial charge on any atom is -0.495 e. The molecule has 6 heteroatoms. The zero-order valence-electron chi connectivity index (χ0n) is 12.1. The summed E-state index contributed by atoms with van der Waals surface area (Å²) < 4.78 is 32.3. The second-order valence-electron chi connectivity index (χ2n) is 5.18. The third kappa shape index (κ3) is 2.91. The van der Waals surface area contributed by atoms with Crippen LogP contribution in [0.25, 0.3) is 0 Å². The first-order chi connectivity index (χ1) is 9.46. The van der Waals surface area contributed by atoms with Gasteiger partial charge in [0, 0.05) is 18.8 Å². The largest absolute Gasteiger partial charge is 0.495 e. The molecule has 0 radical (unpaired) electrons. The lowest BCUT2D eigenvalue weighted by Gasteiger charge is -2.22. The highest BCUT2D eigenvalue weighted by Crippen LogP contribution is 2.32. The molecule has 1 saturated heterocycles. The summed E-state index contributed by atoms with van der Waals surface area (Å²) in [7, 11) is -2.06. The predicted molar refractivity (Wildman–Crippen MR) is 79.4 cm³/mol. The summed E-state index contributed by atoms with van der Waals surface area (Å²) in [4.78, 5) is 0.171. The molecular formula is C14H22N2O3S. The van der Waals surface area contributed by atoms with Gasteiger partial charge in [-0.3, -0.25) is 0 Å². The van der Waals surface area contributed by atoms with Crippen molar-refractivity contribution in [3.8, 4) is 5.75 Å². The van der Waals surface area contributed by atoms with Gasteiger partial charge < -0.3 is 10.5 Å². The fourth-order valence-corrected chi connectivity index (χ4v) is 4.15. The second-order valence-corrected chi connectivity index (χ2v) is 7.08. The molecule has 0 aromatic heterocycles. The smallest absolute Gasteiger partial charge is 0.246 e. The van der Waals surface area contributed by atoms with E-state index >= 15 is 0 Å². The highest BCUT2D eigenvalue weighted by Gasteiger charge is 2.28. The highest BCUT2D eigenvalue weighted by molar-refractivity contribution is 7.89. The maximum Gasteiger partial charge on any atom is 0.246 e. The average Bonchev–Trinajstić information content (AvgIpc) is 2.70. The quantitative estimate of drug-likeness (QED) is 0.868. The molecule has 1 heterocycles. The van der Waals surface area contributed by atoms with Crippen molar-refractivity contribution in [1.82, 2.24) is 4.31 Å². The van der Waals surface area contributed by atoms with Gasteiger partial charge >= 0.3 is 0 Å². The average molecular weight is 298 g/mol. The summed E-state index contributed by atoms with van der Waals surface area (Å²) in [6.45, 7) is 2.97. The number of sulfonamides is 1. The van der Waals surface area contributed by atoms with E-state index in [-0.39, 0.29) is 4.90 Å². The molecule has 2 rings (SSSR count). The molecule has 0 bridgehead atoms. The van der Waals surface area contributed by atoms with Gasteiger partial charge in [-0.1, -0.05) is 12.8 Å². The van der Waals surface area contributed by atoms with Crippen LogP contribution in [0.15, 0.2) is 17.0 Å². The number of nitrogen functional groups attached to an aromatic ring is 1. The lowest BCUT2D eigenvalue weighted by atomic mass is 10.2. The summed E-state index contributed by atoms with van der Waals surface area (Å²) in [6, 6.07) is 3.19. The van der Waals surface area contributed by atoms with E-state index in [1.54, 1.807) is 10.4 Å². The van der Waals surface area contributed by atoms with E-state index in [4.69, 9.17) is 10.5 Å². The molecule has 20 heavy (non-hydrogen) atoms. The Labute approximate surface area is 120 Å². The molecule has 2 N–H and O–H groups in total. The monoisotopic (exact) mass is 298 g/mol. The maximum absolute atomic E-state index is 12.8. The minimum atomic E-state index is -3.54. The van der Waals surface area contributed by atoms with Crippen LogP contribution in [0.1, 0.15) is 31.2 Å². The Bertz CT molecular complexity index is 576. The molecule has 112 valence electrons. The molecule has 1 aromatic rings. The molecule has 1 aliphatic heterocycles. The van der Waals surface area contributed by atoms with Crippen molar-refractivity contribution < 1.29 is 13.2 Å². The van der Waals surface area contributed by atoms with Gasteiger partial charge in [0.25, 0.3) is 0 Å². The van der Waals surface area contributed by atoms with E-state index in [1.165, 1.54) is 13.2 Å². The van der Waals surface area contributed by atoms with E-state index in [0.29, 0.717) is 24.5 Å². The lowest BCUT2D eigenvalue weighted by Crippen LogP contribution is -2.32. The summed E-state index contributed by atoms with van der Waals surface area (Å²) in [6.07, 6.45) is 3.98. The van der Waals surface area contributed by atoms with Crippen molar-refractivity contribution in [2.24, 2.45) is 0 Å². The SMILES string of the molecule is COc1cc(C)c(N)cc1S(=O)(=O)N1CCCCCC1. The number of rotatable bonds is 3. The Hall–Kier alpha value is -1.27. The molecule has 5 nitrogen and oxygen atoms in total. The number of nitrogens with two attached hydrogens (primary N) is 1. The van der Waals surface area contributed by atoms with Crippen LogP contribution in [0.2, 0.25) is 0 Å². The van der Waals surface area contributed by atoms with Crippen molar-refractivity contribution in [3.63, 3.8) is 0 Å². The highest BCUT2D eigenvalue weighted by atomic mass is 32.2. The molecule has 1 aromatic carbocycles. The van der Waals surface area contributed by atoms with Crippen LogP contribution in [0.4, 0.5) is 5.69 Å². The van der Waals surface area contributed by atoms with E-state index in [0.717, 1.165) is 31.2 Å². The van der Waals surface area contributed by atoms with Gasteiger partial charge in [0.2, 0.25) is 10.0 Å². The maximum atomic E-state index is 12.8. The zero-order chi connectivity index (χ0) is 14.8. The number of methoxy groups -OCH3 is 1. The molecule has 0 aliphatic carbocycles. The summed E-state index contributed by atoms with van der Waals surface area (Å²) in [5.41, 5.74) is 7.15. The second kappa shape index (κ2) is 6.01. The fraction of sp³-hybridized carbons (Fsp3) is 0.571. The number of benzene rings is 1. The van der Waals surface area contributed by atoms with Gasteiger partial charge in [-0.05, 0) is 37.5 Å². The van der Waals surface area contributed by atoms with Gasteiger partial charge in [-0.15, -0.1) is 0 Å². The first-order valence-corrected chi connectivity index (χ1v) is 8.35. The summed E-state index contributed by atoms with van der Waals surface area (Å²) >= 11 is 0. The Balaban J connectivity index is 2.45. The molecule has 0 atom stereocenters. The summed E-state index contributed by atoms with van der Waals surface area (Å²) in [5, 5.41) is 0. The van der Waals surface area contributed by atoms with Crippen LogP contribution < -0.4 is 10.5 Å². The van der Waals surface area contributed by atoms with Crippen molar-refractivity contribution >= 4 is 15.7 Å². The molecule has 0 saturated carbocycles. The van der Waals surface area contributed by atoms with Gasteiger partial charge in [0.05, 0.1) is 7.11 Å². The van der Waals surface area contributed by atoms with Crippen LogP contribution in [-0.4, -0.2) is 32.9 Å².